The molecule has 0 atom stereocenters. The van der Waals surface area contributed by atoms with Crippen LogP contribution in [0, 0.1) is 11.2 Å². The molecule has 0 spiro atoms. The van der Waals surface area contributed by atoms with Crippen LogP contribution in [0.4, 0.5) is 0 Å². The van der Waals surface area contributed by atoms with Gasteiger partial charge in [-0.05, 0) is 13.8 Å². The van der Waals surface area contributed by atoms with E-state index in [9.17, 15) is 4.57 Å². The molecule has 3 nitrogen and oxygen atoms in total. The maximum atomic E-state index is 11.9. The van der Waals surface area contributed by atoms with Gasteiger partial charge in [-0.3, -0.25) is 9.05 Å². The van der Waals surface area contributed by atoms with Gasteiger partial charge in [0.05, 0.1) is 13.2 Å². The van der Waals surface area contributed by atoms with Gasteiger partial charge in [0.2, 0.25) is 0 Å². The van der Waals surface area contributed by atoms with Crippen molar-refractivity contribution >= 4 is 15.7 Å². The highest BCUT2D eigenvalue weighted by Crippen LogP contribution is 2.46. The number of hydrogen-bond donors (Lipinski definition) is 0. The second-order valence-electron chi connectivity index (χ2n) is 3.82. The Balaban J connectivity index is 4.65. The molecule has 14 heavy (non-hydrogen) atoms. The van der Waals surface area contributed by atoms with Crippen LogP contribution >= 0.6 is 7.60 Å². The third kappa shape index (κ3) is 6.39. The third-order valence-electron chi connectivity index (χ3n) is 1.17. The van der Waals surface area contributed by atoms with E-state index in [2.05, 4.69) is 30.8 Å². The molecule has 0 radical (unpaired) electrons. The molecule has 0 aliphatic rings. The summed E-state index contributed by atoms with van der Waals surface area (Å²) in [6.07, 6.45) is 0. The first kappa shape index (κ1) is 13.9. The lowest BCUT2D eigenvalue weighted by molar-refractivity contribution is 0.230. The molecular formula is C9H19O3PSi. The van der Waals surface area contributed by atoms with Gasteiger partial charge in [0.1, 0.15) is 8.07 Å². The van der Waals surface area contributed by atoms with Crippen molar-refractivity contribution < 1.29 is 13.6 Å². The molecule has 0 unspecified atom stereocenters. The Morgan fingerprint density at radius 2 is 1.57 bits per heavy atom. The zero-order valence-corrected chi connectivity index (χ0v) is 11.5. The fraction of sp³-hybridized carbons (Fsp3) is 0.778. The molecule has 0 fully saturated rings. The lowest BCUT2D eigenvalue weighted by Gasteiger charge is -2.11. The minimum atomic E-state index is -3.14. The van der Waals surface area contributed by atoms with Crippen LogP contribution in [0.3, 0.4) is 0 Å². The second-order valence-corrected chi connectivity index (χ2v) is 10.3. The van der Waals surface area contributed by atoms with E-state index in [1.165, 1.54) is 0 Å². The fourth-order valence-corrected chi connectivity index (χ4v) is 3.45. The molecule has 0 saturated carbocycles. The van der Waals surface area contributed by atoms with Gasteiger partial charge in [-0.25, -0.2) is 4.57 Å². The molecule has 0 aromatic heterocycles. The van der Waals surface area contributed by atoms with Gasteiger partial charge < -0.3 is 0 Å². The van der Waals surface area contributed by atoms with Crippen LogP contribution in [0.1, 0.15) is 13.8 Å². The van der Waals surface area contributed by atoms with Gasteiger partial charge in [0.25, 0.3) is 0 Å². The average molecular weight is 234 g/mol. The lowest BCUT2D eigenvalue weighted by Crippen LogP contribution is -2.16. The van der Waals surface area contributed by atoms with Gasteiger partial charge in [-0.15, -0.1) is 5.54 Å². The summed E-state index contributed by atoms with van der Waals surface area (Å²) in [4.78, 5) is 0. The maximum absolute atomic E-state index is 11.9. The van der Waals surface area contributed by atoms with Gasteiger partial charge in [0, 0.05) is 5.66 Å². The van der Waals surface area contributed by atoms with Crippen molar-refractivity contribution in [2.45, 2.75) is 33.5 Å². The Hall–Kier alpha value is -0.0731. The zero-order chi connectivity index (χ0) is 11.2. The summed E-state index contributed by atoms with van der Waals surface area (Å²) in [7, 11) is -4.66. The van der Waals surface area contributed by atoms with Crippen LogP contribution in [0.15, 0.2) is 0 Å². The van der Waals surface area contributed by atoms with Gasteiger partial charge >= 0.3 is 7.60 Å². The van der Waals surface area contributed by atoms with E-state index < -0.39 is 15.7 Å². The predicted octanol–water partition coefficient (Wildman–Crippen LogP) is 3.09. The zero-order valence-electron chi connectivity index (χ0n) is 9.59. The van der Waals surface area contributed by atoms with Gasteiger partial charge in [0.15, 0.2) is 0 Å². The Kier molecular flexibility index (Phi) is 5.69. The van der Waals surface area contributed by atoms with Gasteiger partial charge in [-0.2, -0.15) is 0 Å². The summed E-state index contributed by atoms with van der Waals surface area (Å²) in [5, 5.41) is 0. The van der Waals surface area contributed by atoms with Crippen molar-refractivity contribution in [1.29, 1.82) is 0 Å². The SMILES string of the molecule is CCOP(=O)(C#C[Si](C)(C)C)OCC. The molecule has 0 aromatic carbocycles. The summed E-state index contributed by atoms with van der Waals surface area (Å²) in [6, 6.07) is 0. The minimum Gasteiger partial charge on any atom is -0.300 e. The average Bonchev–Trinajstić information content (AvgIpc) is 2.01. The normalized spacial score (nSPS) is 12.1. The standard InChI is InChI=1S/C9H19O3PSi/c1-6-11-13(10,12-7-2)8-9-14(3,4)5/h6-7H2,1-5H3. The molecule has 0 N–H and O–H groups in total. The Labute approximate surface area is 87.7 Å². The predicted molar refractivity (Wildman–Crippen MR) is 62.0 cm³/mol. The maximum Gasteiger partial charge on any atom is 0.404 e. The Bertz CT molecular complexity index is 262. The molecule has 5 heteroatoms. The highest BCUT2D eigenvalue weighted by molar-refractivity contribution is 7.59. The number of hydrogen-bond acceptors (Lipinski definition) is 3. The first-order chi connectivity index (χ1) is 6.33. The van der Waals surface area contributed by atoms with E-state index >= 15 is 0 Å². The van der Waals surface area contributed by atoms with Crippen LogP contribution in [0.2, 0.25) is 19.6 Å². The molecule has 82 valence electrons. The lowest BCUT2D eigenvalue weighted by atomic mass is 10.9. The molecule has 0 aliphatic heterocycles. The van der Waals surface area contributed by atoms with E-state index in [1.54, 1.807) is 13.8 Å². The van der Waals surface area contributed by atoms with E-state index in [4.69, 9.17) is 9.05 Å². The molecule has 0 bridgehead atoms. The van der Waals surface area contributed by atoms with Crippen LogP contribution in [0.25, 0.3) is 0 Å². The van der Waals surface area contributed by atoms with Crippen LogP contribution in [0.5, 0.6) is 0 Å². The molecule has 0 rings (SSSR count). The molecule has 0 amide bonds. The van der Waals surface area contributed by atoms with Crippen molar-refractivity contribution in [1.82, 2.24) is 0 Å². The third-order valence-corrected chi connectivity index (χ3v) is 3.83. The summed E-state index contributed by atoms with van der Waals surface area (Å²) in [5.41, 5.74) is 5.67. The topological polar surface area (TPSA) is 35.5 Å². The van der Waals surface area contributed by atoms with Crippen LogP contribution < -0.4 is 0 Å². The monoisotopic (exact) mass is 234 g/mol. The van der Waals surface area contributed by atoms with E-state index in [-0.39, 0.29) is 0 Å². The Morgan fingerprint density at radius 1 is 1.14 bits per heavy atom. The largest absolute Gasteiger partial charge is 0.404 e. The molecular weight excluding hydrogens is 215 g/mol. The quantitative estimate of drug-likeness (QED) is 0.426. The Morgan fingerprint density at radius 3 is 1.86 bits per heavy atom. The summed E-state index contributed by atoms with van der Waals surface area (Å²) in [5.74, 6) is 0. The first-order valence-electron chi connectivity index (χ1n) is 4.76. The smallest absolute Gasteiger partial charge is 0.300 e. The summed E-state index contributed by atoms with van der Waals surface area (Å²) >= 11 is 0. The van der Waals surface area contributed by atoms with Crippen molar-refractivity contribution in [3.8, 4) is 11.2 Å². The van der Waals surface area contributed by atoms with Crippen molar-refractivity contribution in [2.24, 2.45) is 0 Å². The van der Waals surface area contributed by atoms with Gasteiger partial charge in [-0.1, -0.05) is 19.6 Å². The number of rotatable bonds is 4. The second kappa shape index (κ2) is 5.72. The first-order valence-corrected chi connectivity index (χ1v) is 9.81. The van der Waals surface area contributed by atoms with Crippen molar-refractivity contribution in [3.05, 3.63) is 0 Å². The highest BCUT2D eigenvalue weighted by atomic mass is 31.2. The minimum absolute atomic E-state index is 0.359. The van der Waals surface area contributed by atoms with E-state index in [1.807, 2.05) is 0 Å². The summed E-state index contributed by atoms with van der Waals surface area (Å²) < 4.78 is 22.0. The molecule has 0 heterocycles. The van der Waals surface area contributed by atoms with Crippen LogP contribution in [-0.4, -0.2) is 21.3 Å². The van der Waals surface area contributed by atoms with Crippen molar-refractivity contribution in [3.63, 3.8) is 0 Å². The van der Waals surface area contributed by atoms with E-state index in [0.717, 1.165) is 0 Å². The highest BCUT2D eigenvalue weighted by Gasteiger charge is 2.21. The molecule has 0 aliphatic carbocycles. The van der Waals surface area contributed by atoms with Crippen molar-refractivity contribution in [2.75, 3.05) is 13.2 Å². The summed E-state index contributed by atoms with van der Waals surface area (Å²) in [6.45, 7) is 10.5. The van der Waals surface area contributed by atoms with E-state index in [0.29, 0.717) is 13.2 Å². The fourth-order valence-electron chi connectivity index (χ4n) is 0.678. The molecule has 0 aromatic rings. The molecule has 0 saturated heterocycles. The van der Waals surface area contributed by atoms with Crippen LogP contribution in [-0.2, 0) is 13.6 Å².